The summed E-state index contributed by atoms with van der Waals surface area (Å²) in [5.41, 5.74) is 8.27. The fourth-order valence-electron chi connectivity index (χ4n) is 1.97. The maximum atomic E-state index is 5.94. The second-order valence-corrected chi connectivity index (χ2v) is 4.00. The van der Waals surface area contributed by atoms with Crippen molar-refractivity contribution < 1.29 is 0 Å². The van der Waals surface area contributed by atoms with Gasteiger partial charge < -0.3 is 10.6 Å². The van der Waals surface area contributed by atoms with Crippen molar-refractivity contribution >= 4 is 5.69 Å². The third-order valence-electron chi connectivity index (χ3n) is 2.70. The van der Waals surface area contributed by atoms with Crippen LogP contribution in [0.15, 0.2) is 18.3 Å². The van der Waals surface area contributed by atoms with Crippen LogP contribution in [0.25, 0.3) is 0 Å². The third-order valence-corrected chi connectivity index (χ3v) is 2.70. The molecule has 1 atom stereocenters. The van der Waals surface area contributed by atoms with Gasteiger partial charge in [-0.25, -0.2) is 0 Å². The molecule has 0 aromatic carbocycles. The number of hydrogen-bond acceptors (Lipinski definition) is 3. The topological polar surface area (TPSA) is 42.1 Å². The standard InChI is InChI=1S/C11H17N3/c1-9-7-11(4-5-13-9)14-6-2-3-10(12)8-14/h4-5,7,10H,2-3,6,8,12H2,1H3. The summed E-state index contributed by atoms with van der Waals surface area (Å²) in [4.78, 5) is 6.55. The lowest BCUT2D eigenvalue weighted by Gasteiger charge is -2.32. The van der Waals surface area contributed by atoms with Gasteiger partial charge in [-0.05, 0) is 31.9 Å². The fraction of sp³-hybridized carbons (Fsp3) is 0.545. The second-order valence-electron chi connectivity index (χ2n) is 4.00. The zero-order valence-electron chi connectivity index (χ0n) is 8.61. The molecule has 2 rings (SSSR count). The molecule has 0 radical (unpaired) electrons. The first kappa shape index (κ1) is 9.46. The first-order chi connectivity index (χ1) is 6.75. The molecular weight excluding hydrogens is 174 g/mol. The number of nitrogens with zero attached hydrogens (tertiary/aromatic N) is 2. The first-order valence-electron chi connectivity index (χ1n) is 5.19. The van der Waals surface area contributed by atoms with Crippen molar-refractivity contribution in [3.05, 3.63) is 24.0 Å². The molecule has 1 aliphatic heterocycles. The Balaban J connectivity index is 2.14. The van der Waals surface area contributed by atoms with Gasteiger partial charge in [-0.15, -0.1) is 0 Å². The summed E-state index contributed by atoms with van der Waals surface area (Å²) < 4.78 is 0. The Morgan fingerprint density at radius 3 is 3.14 bits per heavy atom. The van der Waals surface area contributed by atoms with Gasteiger partial charge in [0.05, 0.1) is 0 Å². The molecule has 1 aliphatic rings. The lowest BCUT2D eigenvalue weighted by atomic mass is 10.1. The van der Waals surface area contributed by atoms with Gasteiger partial charge in [-0.1, -0.05) is 0 Å². The molecule has 1 aromatic heterocycles. The van der Waals surface area contributed by atoms with Crippen molar-refractivity contribution in [3.8, 4) is 0 Å². The van der Waals surface area contributed by atoms with E-state index in [0.717, 1.165) is 25.2 Å². The van der Waals surface area contributed by atoms with Crippen LogP contribution in [-0.2, 0) is 0 Å². The molecule has 0 saturated carbocycles. The monoisotopic (exact) mass is 191 g/mol. The molecule has 76 valence electrons. The van der Waals surface area contributed by atoms with Gasteiger partial charge in [0.25, 0.3) is 0 Å². The minimum atomic E-state index is 0.331. The summed E-state index contributed by atoms with van der Waals surface area (Å²) in [6.45, 7) is 4.12. The van der Waals surface area contributed by atoms with Crippen molar-refractivity contribution in [1.82, 2.24) is 4.98 Å². The number of nitrogens with two attached hydrogens (primary N) is 1. The predicted molar refractivity (Wildman–Crippen MR) is 58.4 cm³/mol. The molecule has 1 unspecified atom stereocenters. The van der Waals surface area contributed by atoms with E-state index in [2.05, 4.69) is 22.0 Å². The molecule has 3 heteroatoms. The summed E-state index contributed by atoms with van der Waals surface area (Å²) in [5.74, 6) is 0. The molecule has 14 heavy (non-hydrogen) atoms. The Morgan fingerprint density at radius 1 is 1.57 bits per heavy atom. The van der Waals surface area contributed by atoms with Crippen LogP contribution in [0, 0.1) is 6.92 Å². The van der Waals surface area contributed by atoms with Crippen LogP contribution in [0.4, 0.5) is 5.69 Å². The SMILES string of the molecule is Cc1cc(N2CCCC(N)C2)ccn1. The molecule has 1 aromatic rings. The molecule has 1 fully saturated rings. The van der Waals surface area contributed by atoms with E-state index in [1.54, 1.807) is 0 Å². The minimum absolute atomic E-state index is 0.331. The van der Waals surface area contributed by atoms with Gasteiger partial charge in [0.2, 0.25) is 0 Å². The Hall–Kier alpha value is -1.09. The number of aryl methyl sites for hydroxylation is 1. The maximum Gasteiger partial charge on any atom is 0.0400 e. The molecule has 3 nitrogen and oxygen atoms in total. The lowest BCUT2D eigenvalue weighted by molar-refractivity contribution is 0.506. The average Bonchev–Trinajstić information content (AvgIpc) is 2.18. The number of anilines is 1. The quantitative estimate of drug-likeness (QED) is 0.728. The maximum absolute atomic E-state index is 5.94. The van der Waals surface area contributed by atoms with Gasteiger partial charge in [-0.3, -0.25) is 4.98 Å². The summed E-state index contributed by atoms with van der Waals surface area (Å²) >= 11 is 0. The van der Waals surface area contributed by atoms with Gasteiger partial charge in [0.1, 0.15) is 0 Å². The highest BCUT2D eigenvalue weighted by Gasteiger charge is 2.16. The lowest BCUT2D eigenvalue weighted by Crippen LogP contribution is -2.42. The molecule has 0 spiro atoms. The Kier molecular flexibility index (Phi) is 2.68. The first-order valence-corrected chi connectivity index (χ1v) is 5.19. The zero-order valence-corrected chi connectivity index (χ0v) is 8.61. The van der Waals surface area contributed by atoms with Crippen LogP contribution in [0.2, 0.25) is 0 Å². The molecule has 2 heterocycles. The highest BCUT2D eigenvalue weighted by Crippen LogP contribution is 2.19. The number of hydrogen-bond donors (Lipinski definition) is 1. The van der Waals surface area contributed by atoms with Crippen LogP contribution in [-0.4, -0.2) is 24.1 Å². The third kappa shape index (κ3) is 2.04. The van der Waals surface area contributed by atoms with Gasteiger partial charge in [0, 0.05) is 36.7 Å². The van der Waals surface area contributed by atoms with E-state index in [1.165, 1.54) is 12.1 Å². The fourth-order valence-corrected chi connectivity index (χ4v) is 1.97. The molecule has 0 bridgehead atoms. The van der Waals surface area contributed by atoms with Gasteiger partial charge in [-0.2, -0.15) is 0 Å². The Labute approximate surface area is 84.9 Å². The highest BCUT2D eigenvalue weighted by molar-refractivity contribution is 5.46. The van der Waals surface area contributed by atoms with Crippen molar-refractivity contribution in [3.63, 3.8) is 0 Å². The molecule has 1 saturated heterocycles. The predicted octanol–water partition coefficient (Wildman–Crippen LogP) is 1.32. The molecular formula is C11H17N3. The molecule has 0 aliphatic carbocycles. The van der Waals surface area contributed by atoms with E-state index in [4.69, 9.17) is 5.73 Å². The number of aromatic nitrogens is 1. The zero-order chi connectivity index (χ0) is 9.97. The van der Waals surface area contributed by atoms with E-state index >= 15 is 0 Å². The largest absolute Gasteiger partial charge is 0.370 e. The Bertz CT molecular complexity index is 311. The van der Waals surface area contributed by atoms with Crippen molar-refractivity contribution in [1.29, 1.82) is 0 Å². The van der Waals surface area contributed by atoms with E-state index in [9.17, 15) is 0 Å². The van der Waals surface area contributed by atoms with E-state index < -0.39 is 0 Å². The number of rotatable bonds is 1. The molecule has 2 N–H and O–H groups in total. The van der Waals surface area contributed by atoms with E-state index in [0.29, 0.717) is 6.04 Å². The summed E-state index contributed by atoms with van der Waals surface area (Å²) in [5, 5.41) is 0. The molecule has 0 amide bonds. The van der Waals surface area contributed by atoms with Gasteiger partial charge in [0.15, 0.2) is 0 Å². The smallest absolute Gasteiger partial charge is 0.0400 e. The van der Waals surface area contributed by atoms with Crippen LogP contribution < -0.4 is 10.6 Å². The van der Waals surface area contributed by atoms with Crippen LogP contribution in [0.5, 0.6) is 0 Å². The number of pyridine rings is 1. The van der Waals surface area contributed by atoms with Crippen LogP contribution in [0.3, 0.4) is 0 Å². The van der Waals surface area contributed by atoms with E-state index in [-0.39, 0.29) is 0 Å². The summed E-state index contributed by atoms with van der Waals surface area (Å²) in [6.07, 6.45) is 4.22. The summed E-state index contributed by atoms with van der Waals surface area (Å²) in [6, 6.07) is 4.51. The van der Waals surface area contributed by atoms with Crippen molar-refractivity contribution in [2.24, 2.45) is 5.73 Å². The van der Waals surface area contributed by atoms with Crippen LogP contribution in [0.1, 0.15) is 18.5 Å². The second kappa shape index (κ2) is 3.96. The van der Waals surface area contributed by atoms with Crippen molar-refractivity contribution in [2.45, 2.75) is 25.8 Å². The average molecular weight is 191 g/mol. The van der Waals surface area contributed by atoms with E-state index in [1.807, 2.05) is 13.1 Å². The normalized spacial score (nSPS) is 22.4. The van der Waals surface area contributed by atoms with Gasteiger partial charge >= 0.3 is 0 Å². The highest BCUT2D eigenvalue weighted by atomic mass is 15.1. The van der Waals surface area contributed by atoms with Crippen LogP contribution >= 0.6 is 0 Å². The summed E-state index contributed by atoms with van der Waals surface area (Å²) in [7, 11) is 0. The Morgan fingerprint density at radius 2 is 2.43 bits per heavy atom. The number of piperidine rings is 1. The van der Waals surface area contributed by atoms with Crippen molar-refractivity contribution in [2.75, 3.05) is 18.0 Å². The minimum Gasteiger partial charge on any atom is -0.370 e.